The lowest BCUT2D eigenvalue weighted by Crippen LogP contribution is -2.45. The Kier molecular flexibility index (Phi) is 2.63. The molecule has 1 aromatic carbocycles. The van der Waals surface area contributed by atoms with Crippen LogP contribution in [-0.2, 0) is 9.53 Å². The van der Waals surface area contributed by atoms with Crippen molar-refractivity contribution in [2.24, 2.45) is 5.92 Å². The van der Waals surface area contributed by atoms with E-state index in [2.05, 4.69) is 19.1 Å². The fraction of sp³-hybridized carbons (Fsp3) is 0.500. The highest BCUT2D eigenvalue weighted by Crippen LogP contribution is 2.38. The molecule has 0 spiro atoms. The maximum Gasteiger partial charge on any atom is 0.225 e. The second kappa shape index (κ2) is 4.15. The number of benzene rings is 1. The molecule has 3 rings (SSSR count). The van der Waals surface area contributed by atoms with E-state index in [1.54, 1.807) is 0 Å². The van der Waals surface area contributed by atoms with Gasteiger partial charge in [-0.1, -0.05) is 37.3 Å². The summed E-state index contributed by atoms with van der Waals surface area (Å²) < 4.78 is 5.81. The fourth-order valence-electron chi connectivity index (χ4n) is 2.84. The maximum absolute atomic E-state index is 12.1. The molecule has 2 aliphatic heterocycles. The molecular formula is C14H17NO2. The lowest BCUT2D eigenvalue weighted by atomic mass is 9.95. The highest BCUT2D eigenvalue weighted by Gasteiger charge is 2.43. The zero-order chi connectivity index (χ0) is 11.8. The van der Waals surface area contributed by atoms with Crippen LogP contribution < -0.4 is 0 Å². The summed E-state index contributed by atoms with van der Waals surface area (Å²) in [7, 11) is 0. The fourth-order valence-corrected chi connectivity index (χ4v) is 2.84. The number of hydrogen-bond acceptors (Lipinski definition) is 2. The van der Waals surface area contributed by atoms with Crippen LogP contribution in [0.4, 0.5) is 0 Å². The average molecular weight is 231 g/mol. The second-order valence-corrected chi connectivity index (χ2v) is 4.97. The molecule has 90 valence electrons. The Labute approximate surface area is 101 Å². The number of rotatable bonds is 1. The van der Waals surface area contributed by atoms with Gasteiger partial charge in [-0.3, -0.25) is 4.79 Å². The van der Waals surface area contributed by atoms with E-state index >= 15 is 0 Å². The molecule has 1 aromatic rings. The van der Waals surface area contributed by atoms with Crippen LogP contribution in [0.15, 0.2) is 30.3 Å². The predicted octanol–water partition coefficient (Wildman–Crippen LogP) is 2.34. The van der Waals surface area contributed by atoms with Crippen molar-refractivity contribution in [2.75, 3.05) is 6.61 Å². The summed E-state index contributed by atoms with van der Waals surface area (Å²) in [5, 5.41) is 0. The first-order valence-corrected chi connectivity index (χ1v) is 6.25. The Hall–Kier alpha value is -1.35. The monoisotopic (exact) mass is 231 g/mol. The van der Waals surface area contributed by atoms with Gasteiger partial charge >= 0.3 is 0 Å². The first-order valence-electron chi connectivity index (χ1n) is 6.25. The Morgan fingerprint density at radius 2 is 2.06 bits per heavy atom. The van der Waals surface area contributed by atoms with E-state index in [1.165, 1.54) is 5.56 Å². The molecule has 1 amide bonds. The van der Waals surface area contributed by atoms with Gasteiger partial charge in [-0.15, -0.1) is 0 Å². The first-order chi connectivity index (χ1) is 8.27. The number of carbonyl (C=O) groups excluding carboxylic acids is 1. The van der Waals surface area contributed by atoms with Crippen LogP contribution in [0.3, 0.4) is 0 Å². The molecule has 0 radical (unpaired) electrons. The van der Waals surface area contributed by atoms with Crippen molar-refractivity contribution in [2.45, 2.75) is 32.0 Å². The molecule has 2 heterocycles. The van der Waals surface area contributed by atoms with Gasteiger partial charge in [0.05, 0.1) is 12.6 Å². The molecule has 2 saturated heterocycles. The van der Waals surface area contributed by atoms with Gasteiger partial charge < -0.3 is 9.64 Å². The summed E-state index contributed by atoms with van der Waals surface area (Å²) >= 11 is 0. The third-order valence-electron chi connectivity index (χ3n) is 3.81. The van der Waals surface area contributed by atoms with Gasteiger partial charge in [-0.25, -0.2) is 0 Å². The number of amides is 1. The van der Waals surface area contributed by atoms with Gasteiger partial charge in [0.25, 0.3) is 0 Å². The molecule has 17 heavy (non-hydrogen) atoms. The summed E-state index contributed by atoms with van der Waals surface area (Å²) in [6.45, 7) is 2.79. The maximum atomic E-state index is 12.1. The number of nitrogens with zero attached hydrogens (tertiary/aromatic N) is 1. The molecular weight excluding hydrogens is 214 g/mol. The Morgan fingerprint density at radius 1 is 1.29 bits per heavy atom. The van der Waals surface area contributed by atoms with Crippen LogP contribution in [0.2, 0.25) is 0 Å². The van der Waals surface area contributed by atoms with Crippen molar-refractivity contribution >= 4 is 5.91 Å². The minimum absolute atomic E-state index is 0.0125. The molecule has 2 aliphatic rings. The minimum atomic E-state index is -0.0125. The van der Waals surface area contributed by atoms with Crippen LogP contribution in [0.25, 0.3) is 0 Å². The SMILES string of the molecule is C[C@H]1CCC(=O)N2[C@H](c3ccccc3)CO[C@@H]12. The molecule has 0 aromatic heterocycles. The van der Waals surface area contributed by atoms with E-state index in [4.69, 9.17) is 4.74 Å². The molecule has 0 saturated carbocycles. The highest BCUT2D eigenvalue weighted by atomic mass is 16.5. The summed E-state index contributed by atoms with van der Waals surface area (Å²) in [4.78, 5) is 14.0. The highest BCUT2D eigenvalue weighted by molar-refractivity contribution is 5.78. The van der Waals surface area contributed by atoms with Gasteiger partial charge in [0.15, 0.2) is 0 Å². The molecule has 0 N–H and O–H groups in total. The van der Waals surface area contributed by atoms with Crippen molar-refractivity contribution in [1.29, 1.82) is 0 Å². The smallest absolute Gasteiger partial charge is 0.225 e. The standard InChI is InChI=1S/C14H17NO2/c1-10-7-8-13(16)15-12(9-17-14(10)15)11-5-3-2-4-6-11/h2-6,10,12,14H,7-9H2,1H3/t10-,12-,14-/m0/s1. The molecule has 3 atom stereocenters. The summed E-state index contributed by atoms with van der Waals surface area (Å²) in [5.41, 5.74) is 1.18. The Morgan fingerprint density at radius 3 is 2.82 bits per heavy atom. The van der Waals surface area contributed by atoms with Gasteiger partial charge in [0.1, 0.15) is 6.23 Å². The van der Waals surface area contributed by atoms with E-state index in [0.29, 0.717) is 18.9 Å². The van der Waals surface area contributed by atoms with Crippen LogP contribution in [0, 0.1) is 5.92 Å². The second-order valence-electron chi connectivity index (χ2n) is 4.97. The lowest BCUT2D eigenvalue weighted by molar-refractivity contribution is -0.146. The van der Waals surface area contributed by atoms with Crippen molar-refractivity contribution < 1.29 is 9.53 Å². The molecule has 3 heteroatoms. The third-order valence-corrected chi connectivity index (χ3v) is 3.81. The third kappa shape index (κ3) is 1.75. The largest absolute Gasteiger partial charge is 0.355 e. The summed E-state index contributed by atoms with van der Waals surface area (Å²) in [6.07, 6.45) is 1.59. The van der Waals surface area contributed by atoms with E-state index in [-0.39, 0.29) is 18.2 Å². The van der Waals surface area contributed by atoms with E-state index in [9.17, 15) is 4.79 Å². The quantitative estimate of drug-likeness (QED) is 0.742. The summed E-state index contributed by atoms with van der Waals surface area (Å²) in [6, 6.07) is 10.3. The topological polar surface area (TPSA) is 29.5 Å². The molecule has 0 aliphatic carbocycles. The van der Waals surface area contributed by atoms with Crippen LogP contribution in [0.5, 0.6) is 0 Å². The molecule has 0 unspecified atom stereocenters. The van der Waals surface area contributed by atoms with Crippen LogP contribution in [-0.4, -0.2) is 23.6 Å². The molecule has 0 bridgehead atoms. The lowest BCUT2D eigenvalue weighted by Gasteiger charge is -2.36. The van der Waals surface area contributed by atoms with Crippen molar-refractivity contribution in [1.82, 2.24) is 4.90 Å². The van der Waals surface area contributed by atoms with Gasteiger partial charge in [0.2, 0.25) is 5.91 Å². The average Bonchev–Trinajstić information content (AvgIpc) is 2.81. The Balaban J connectivity index is 1.91. The number of carbonyl (C=O) groups is 1. The number of piperidine rings is 1. The van der Waals surface area contributed by atoms with Crippen LogP contribution in [0.1, 0.15) is 31.4 Å². The number of fused-ring (bicyclic) bond motifs is 1. The number of hydrogen-bond donors (Lipinski definition) is 0. The normalized spacial score (nSPS) is 32.6. The summed E-state index contributed by atoms with van der Waals surface area (Å²) in [5.74, 6) is 0.681. The van der Waals surface area contributed by atoms with Gasteiger partial charge in [-0.2, -0.15) is 0 Å². The van der Waals surface area contributed by atoms with Gasteiger partial charge in [0, 0.05) is 12.3 Å². The Bertz CT molecular complexity index is 417. The van der Waals surface area contributed by atoms with Crippen molar-refractivity contribution in [3.63, 3.8) is 0 Å². The van der Waals surface area contributed by atoms with Crippen molar-refractivity contribution in [3.05, 3.63) is 35.9 Å². The zero-order valence-electron chi connectivity index (χ0n) is 10.0. The van der Waals surface area contributed by atoms with Crippen molar-refractivity contribution in [3.8, 4) is 0 Å². The predicted molar refractivity (Wildman–Crippen MR) is 64.2 cm³/mol. The van der Waals surface area contributed by atoms with E-state index in [0.717, 1.165) is 6.42 Å². The van der Waals surface area contributed by atoms with E-state index < -0.39 is 0 Å². The first kappa shape index (κ1) is 10.8. The van der Waals surface area contributed by atoms with E-state index in [1.807, 2.05) is 23.1 Å². The zero-order valence-corrected chi connectivity index (χ0v) is 10.0. The van der Waals surface area contributed by atoms with Crippen LogP contribution >= 0.6 is 0 Å². The molecule has 2 fully saturated rings. The van der Waals surface area contributed by atoms with Gasteiger partial charge in [-0.05, 0) is 12.0 Å². The minimum Gasteiger partial charge on any atom is -0.355 e. The molecule has 3 nitrogen and oxygen atoms in total. The number of ether oxygens (including phenoxy) is 1.